The molecule has 34 heavy (non-hydrogen) atoms. The van der Waals surface area contributed by atoms with Gasteiger partial charge >= 0.3 is 0 Å². The van der Waals surface area contributed by atoms with Gasteiger partial charge in [0.25, 0.3) is 0 Å². The smallest absolute Gasteiger partial charge is 0.166 e. The van der Waals surface area contributed by atoms with Gasteiger partial charge < -0.3 is 14.2 Å². The molecule has 0 unspecified atom stereocenters. The van der Waals surface area contributed by atoms with Gasteiger partial charge in [0, 0.05) is 55.5 Å². The number of imidazole rings is 1. The highest BCUT2D eigenvalue weighted by Crippen LogP contribution is 2.32. The molecule has 4 aromatic heterocycles. The zero-order valence-corrected chi connectivity index (χ0v) is 18.9. The Hall–Kier alpha value is -4.11. The molecule has 170 valence electrons. The molecular formula is C25H24N8O. The summed E-state index contributed by atoms with van der Waals surface area (Å²) in [7, 11) is 0. The number of rotatable bonds is 5. The van der Waals surface area contributed by atoms with Crippen LogP contribution < -0.4 is 4.90 Å². The number of fused-ring (bicyclic) bond motifs is 1. The van der Waals surface area contributed by atoms with E-state index in [2.05, 4.69) is 32.5 Å². The van der Waals surface area contributed by atoms with E-state index in [-0.39, 0.29) is 0 Å². The third-order valence-electron chi connectivity index (χ3n) is 6.01. The average molecular weight is 453 g/mol. The van der Waals surface area contributed by atoms with E-state index in [9.17, 15) is 0 Å². The number of aryl methyl sites for hydroxylation is 1. The molecule has 1 aromatic carbocycles. The van der Waals surface area contributed by atoms with Gasteiger partial charge in [-0.2, -0.15) is 5.10 Å². The van der Waals surface area contributed by atoms with Crippen LogP contribution >= 0.6 is 0 Å². The molecule has 5 aromatic rings. The molecule has 0 spiro atoms. The minimum atomic E-state index is 0.666. The Labute approximate surface area is 196 Å². The fourth-order valence-electron chi connectivity index (χ4n) is 4.34. The SMILES string of the molecule is CCn1c(-c2ccncc2)nc2c(N3CCOCC3)nc(-c3cccc(-n4cccn4)c3)nc21. The van der Waals surface area contributed by atoms with Crippen molar-refractivity contribution < 1.29 is 4.74 Å². The molecule has 0 amide bonds. The molecule has 0 N–H and O–H groups in total. The van der Waals surface area contributed by atoms with E-state index in [1.807, 2.05) is 47.3 Å². The van der Waals surface area contributed by atoms with Crippen molar-refractivity contribution in [2.75, 3.05) is 31.2 Å². The second-order valence-corrected chi connectivity index (χ2v) is 8.06. The summed E-state index contributed by atoms with van der Waals surface area (Å²) in [5.41, 5.74) is 4.53. The fraction of sp³-hybridized carbons (Fsp3) is 0.240. The largest absolute Gasteiger partial charge is 0.378 e. The van der Waals surface area contributed by atoms with Crippen molar-refractivity contribution in [2.45, 2.75) is 13.5 Å². The van der Waals surface area contributed by atoms with Crippen LogP contribution in [0.3, 0.4) is 0 Å². The number of aromatic nitrogens is 7. The fourth-order valence-corrected chi connectivity index (χ4v) is 4.34. The highest BCUT2D eigenvalue weighted by atomic mass is 16.5. The minimum absolute atomic E-state index is 0.666. The van der Waals surface area contributed by atoms with Crippen molar-refractivity contribution in [1.82, 2.24) is 34.3 Å². The molecule has 0 atom stereocenters. The maximum Gasteiger partial charge on any atom is 0.166 e. The Morgan fingerprint density at radius 2 is 1.76 bits per heavy atom. The lowest BCUT2D eigenvalue weighted by Gasteiger charge is -2.28. The molecule has 9 nitrogen and oxygen atoms in total. The van der Waals surface area contributed by atoms with E-state index in [0.29, 0.717) is 19.0 Å². The predicted molar refractivity (Wildman–Crippen MR) is 130 cm³/mol. The minimum Gasteiger partial charge on any atom is -0.378 e. The zero-order valence-electron chi connectivity index (χ0n) is 18.9. The highest BCUT2D eigenvalue weighted by Gasteiger charge is 2.23. The van der Waals surface area contributed by atoms with Crippen molar-refractivity contribution in [3.63, 3.8) is 0 Å². The van der Waals surface area contributed by atoms with E-state index in [4.69, 9.17) is 19.7 Å². The normalized spacial score (nSPS) is 14.1. The summed E-state index contributed by atoms with van der Waals surface area (Å²) >= 11 is 0. The topological polar surface area (TPSA) is 86.8 Å². The summed E-state index contributed by atoms with van der Waals surface area (Å²) < 4.78 is 9.58. The van der Waals surface area contributed by atoms with E-state index in [1.165, 1.54) is 0 Å². The van der Waals surface area contributed by atoms with Crippen molar-refractivity contribution in [1.29, 1.82) is 0 Å². The van der Waals surface area contributed by atoms with E-state index in [0.717, 1.165) is 59.3 Å². The molecule has 6 rings (SSSR count). The second-order valence-electron chi connectivity index (χ2n) is 8.06. The maximum absolute atomic E-state index is 5.60. The molecule has 1 saturated heterocycles. The molecular weight excluding hydrogens is 428 g/mol. The Morgan fingerprint density at radius 1 is 0.912 bits per heavy atom. The summed E-state index contributed by atoms with van der Waals surface area (Å²) in [6.45, 7) is 5.72. The van der Waals surface area contributed by atoms with Crippen LogP contribution in [-0.4, -0.2) is 60.6 Å². The first-order valence-corrected chi connectivity index (χ1v) is 11.4. The Morgan fingerprint density at radius 3 is 2.53 bits per heavy atom. The van der Waals surface area contributed by atoms with Crippen LogP contribution in [0.5, 0.6) is 0 Å². The lowest BCUT2D eigenvalue weighted by Crippen LogP contribution is -2.37. The standard InChI is InChI=1S/C25H24N8O/c1-2-32-23(18-7-10-26-11-8-18)28-21-24(31-13-15-34-16-14-31)29-22(30-25(21)32)19-5-3-6-20(17-19)33-12-4-9-27-33/h3-12,17H,2,13-16H2,1H3. The van der Waals surface area contributed by atoms with Gasteiger partial charge in [-0.1, -0.05) is 12.1 Å². The summed E-state index contributed by atoms with van der Waals surface area (Å²) in [5, 5.41) is 4.36. The first kappa shape index (κ1) is 20.5. The van der Waals surface area contributed by atoms with E-state index in [1.54, 1.807) is 18.6 Å². The quantitative estimate of drug-likeness (QED) is 0.403. The van der Waals surface area contributed by atoms with Gasteiger partial charge in [0.15, 0.2) is 22.8 Å². The molecule has 0 saturated carbocycles. The van der Waals surface area contributed by atoms with Gasteiger partial charge in [-0.3, -0.25) is 4.98 Å². The molecule has 1 aliphatic heterocycles. The van der Waals surface area contributed by atoms with Crippen LogP contribution in [0.15, 0.2) is 67.3 Å². The van der Waals surface area contributed by atoms with Gasteiger partial charge in [0.2, 0.25) is 0 Å². The molecule has 9 heteroatoms. The molecule has 1 fully saturated rings. The van der Waals surface area contributed by atoms with Gasteiger partial charge in [-0.05, 0) is 37.3 Å². The summed E-state index contributed by atoms with van der Waals surface area (Å²) in [5.74, 6) is 2.38. The number of morpholine rings is 1. The summed E-state index contributed by atoms with van der Waals surface area (Å²) in [4.78, 5) is 21.5. The van der Waals surface area contributed by atoms with E-state index < -0.39 is 0 Å². The lowest BCUT2D eigenvalue weighted by molar-refractivity contribution is 0.122. The van der Waals surface area contributed by atoms with Crippen LogP contribution in [0.1, 0.15) is 6.92 Å². The maximum atomic E-state index is 5.60. The number of benzene rings is 1. The van der Waals surface area contributed by atoms with Gasteiger partial charge in [0.05, 0.1) is 18.9 Å². The molecule has 0 radical (unpaired) electrons. The predicted octanol–water partition coefficient (Wildman–Crippen LogP) is 3.60. The monoisotopic (exact) mass is 452 g/mol. The first-order chi connectivity index (χ1) is 16.8. The first-order valence-electron chi connectivity index (χ1n) is 11.4. The Bertz CT molecular complexity index is 1420. The number of hydrogen-bond acceptors (Lipinski definition) is 7. The van der Waals surface area contributed by atoms with Crippen LogP contribution in [0.25, 0.3) is 39.6 Å². The molecule has 5 heterocycles. The number of anilines is 1. The third kappa shape index (κ3) is 3.60. The lowest BCUT2D eigenvalue weighted by atomic mass is 10.2. The molecule has 0 bridgehead atoms. The van der Waals surface area contributed by atoms with Gasteiger partial charge in [-0.15, -0.1) is 0 Å². The Kier molecular flexibility index (Phi) is 5.23. The van der Waals surface area contributed by atoms with Crippen molar-refractivity contribution in [3.05, 3.63) is 67.3 Å². The van der Waals surface area contributed by atoms with Crippen LogP contribution in [0, 0.1) is 0 Å². The zero-order chi connectivity index (χ0) is 22.9. The third-order valence-corrected chi connectivity index (χ3v) is 6.01. The number of nitrogens with zero attached hydrogens (tertiary/aromatic N) is 8. The number of pyridine rings is 1. The number of hydrogen-bond donors (Lipinski definition) is 0. The van der Waals surface area contributed by atoms with Crippen LogP contribution in [0.4, 0.5) is 5.82 Å². The summed E-state index contributed by atoms with van der Waals surface area (Å²) in [6.07, 6.45) is 7.27. The average Bonchev–Trinajstić information content (AvgIpc) is 3.57. The van der Waals surface area contributed by atoms with Crippen molar-refractivity contribution in [3.8, 4) is 28.5 Å². The van der Waals surface area contributed by atoms with Gasteiger partial charge in [0.1, 0.15) is 5.82 Å². The van der Waals surface area contributed by atoms with Gasteiger partial charge in [-0.25, -0.2) is 19.6 Å². The van der Waals surface area contributed by atoms with Crippen LogP contribution in [0.2, 0.25) is 0 Å². The van der Waals surface area contributed by atoms with E-state index >= 15 is 0 Å². The molecule has 0 aliphatic carbocycles. The molecule has 1 aliphatic rings. The van der Waals surface area contributed by atoms with Crippen molar-refractivity contribution in [2.24, 2.45) is 0 Å². The van der Waals surface area contributed by atoms with Crippen molar-refractivity contribution >= 4 is 17.0 Å². The second kappa shape index (κ2) is 8.68. The number of ether oxygens (including phenoxy) is 1. The Balaban J connectivity index is 1.57. The van der Waals surface area contributed by atoms with Crippen LogP contribution in [-0.2, 0) is 11.3 Å². The highest BCUT2D eigenvalue weighted by molar-refractivity contribution is 5.89. The summed E-state index contributed by atoms with van der Waals surface area (Å²) in [6, 6.07) is 14.0.